The zero-order valence-corrected chi connectivity index (χ0v) is 14.3. The highest BCUT2D eigenvalue weighted by molar-refractivity contribution is 5.90. The van der Waals surface area contributed by atoms with E-state index in [0.29, 0.717) is 24.5 Å². The summed E-state index contributed by atoms with van der Waals surface area (Å²) in [6.07, 6.45) is -0.489. The van der Waals surface area contributed by atoms with E-state index in [0.717, 1.165) is 0 Å². The maximum Gasteiger partial charge on any atom is 0.343 e. The Balaban J connectivity index is 2.65. The van der Waals surface area contributed by atoms with Crippen LogP contribution in [0.2, 0.25) is 0 Å². The third kappa shape index (κ3) is 7.43. The average Bonchev–Trinajstić information content (AvgIpc) is 2.61. The Hall–Kier alpha value is -2.12. The van der Waals surface area contributed by atoms with Gasteiger partial charge in [0.1, 0.15) is 11.9 Å². The van der Waals surface area contributed by atoms with Gasteiger partial charge in [0.05, 0.1) is 25.9 Å². The monoisotopic (exact) mass is 340 g/mol. The molecule has 0 amide bonds. The van der Waals surface area contributed by atoms with E-state index >= 15 is 0 Å². The summed E-state index contributed by atoms with van der Waals surface area (Å²) in [6.45, 7) is 5.07. The molecule has 0 N–H and O–H groups in total. The van der Waals surface area contributed by atoms with Crippen LogP contribution in [-0.2, 0) is 23.7 Å². The average molecular weight is 340 g/mol. The number of esters is 2. The fourth-order valence-corrected chi connectivity index (χ4v) is 1.75. The molecule has 24 heavy (non-hydrogen) atoms. The first-order chi connectivity index (χ1) is 11.6. The van der Waals surface area contributed by atoms with Gasteiger partial charge in [0.25, 0.3) is 0 Å². The molecule has 0 saturated heterocycles. The van der Waals surface area contributed by atoms with Gasteiger partial charge < -0.3 is 23.7 Å². The molecule has 1 aromatic rings. The first kappa shape index (κ1) is 19.9. The van der Waals surface area contributed by atoms with Crippen molar-refractivity contribution in [1.29, 1.82) is 0 Å². The van der Waals surface area contributed by atoms with Crippen LogP contribution in [0.1, 0.15) is 24.2 Å². The summed E-state index contributed by atoms with van der Waals surface area (Å²) in [6, 6.07) is 6.39. The second kappa shape index (κ2) is 11.4. The lowest BCUT2D eigenvalue weighted by Crippen LogP contribution is -2.28. The molecule has 0 unspecified atom stereocenters. The lowest BCUT2D eigenvalue weighted by atomic mass is 10.2. The van der Waals surface area contributed by atoms with E-state index < -0.39 is 18.0 Å². The predicted molar refractivity (Wildman–Crippen MR) is 86.1 cm³/mol. The minimum absolute atomic E-state index is 0.230. The lowest BCUT2D eigenvalue weighted by Gasteiger charge is -2.17. The summed E-state index contributed by atoms with van der Waals surface area (Å²) < 4.78 is 25.7. The van der Waals surface area contributed by atoms with E-state index in [2.05, 4.69) is 4.74 Å². The molecule has 0 saturated carbocycles. The van der Waals surface area contributed by atoms with Gasteiger partial charge in [-0.1, -0.05) is 6.07 Å². The van der Waals surface area contributed by atoms with Gasteiger partial charge in [-0.15, -0.1) is 0 Å². The summed E-state index contributed by atoms with van der Waals surface area (Å²) in [5.74, 6) is -0.639. The van der Waals surface area contributed by atoms with Crippen molar-refractivity contribution < 1.29 is 33.3 Å². The molecule has 1 rings (SSSR count). The van der Waals surface area contributed by atoms with E-state index in [4.69, 9.17) is 18.9 Å². The second-order valence-electron chi connectivity index (χ2n) is 4.74. The molecule has 0 spiro atoms. The zero-order valence-electron chi connectivity index (χ0n) is 14.3. The number of hydrogen-bond acceptors (Lipinski definition) is 7. The van der Waals surface area contributed by atoms with Crippen LogP contribution in [0.4, 0.5) is 0 Å². The highest BCUT2D eigenvalue weighted by Crippen LogP contribution is 2.15. The molecule has 0 atom stereocenters. The summed E-state index contributed by atoms with van der Waals surface area (Å²) in [5.41, 5.74) is 0.315. The summed E-state index contributed by atoms with van der Waals surface area (Å²) >= 11 is 0. The summed E-state index contributed by atoms with van der Waals surface area (Å²) in [7, 11) is 1.27. The van der Waals surface area contributed by atoms with Gasteiger partial charge in [0, 0.05) is 13.2 Å². The highest BCUT2D eigenvalue weighted by Gasteiger charge is 2.17. The summed E-state index contributed by atoms with van der Waals surface area (Å²) in [5, 5.41) is 0. The Morgan fingerprint density at radius 1 is 1.08 bits per heavy atom. The van der Waals surface area contributed by atoms with Crippen molar-refractivity contribution in [2.45, 2.75) is 20.0 Å². The number of carbonyl (C=O) groups excluding carboxylic acids is 2. The third-order valence-corrected chi connectivity index (χ3v) is 2.94. The Labute approximate surface area is 141 Å². The molecule has 7 heteroatoms. The van der Waals surface area contributed by atoms with Gasteiger partial charge in [-0.3, -0.25) is 0 Å². The van der Waals surface area contributed by atoms with Gasteiger partial charge in [0.15, 0.2) is 6.61 Å². The minimum Gasteiger partial charge on any atom is -0.482 e. The first-order valence-corrected chi connectivity index (χ1v) is 7.76. The van der Waals surface area contributed by atoms with Crippen LogP contribution in [0, 0.1) is 0 Å². The first-order valence-electron chi connectivity index (χ1n) is 7.76. The van der Waals surface area contributed by atoms with E-state index in [1.165, 1.54) is 13.2 Å². The molecule has 7 nitrogen and oxygen atoms in total. The van der Waals surface area contributed by atoms with Crippen LogP contribution < -0.4 is 4.74 Å². The van der Waals surface area contributed by atoms with Crippen LogP contribution in [0.15, 0.2) is 24.3 Å². The van der Waals surface area contributed by atoms with Crippen molar-refractivity contribution in [2.24, 2.45) is 0 Å². The van der Waals surface area contributed by atoms with Gasteiger partial charge in [0.2, 0.25) is 0 Å². The van der Waals surface area contributed by atoms with Crippen LogP contribution in [0.25, 0.3) is 0 Å². The topological polar surface area (TPSA) is 80.3 Å². The molecular formula is C17H24O7. The SMILES string of the molecule is CCOCC(COCC)OC(=O)c1cccc(OCC(=O)OC)c1. The lowest BCUT2D eigenvalue weighted by molar-refractivity contribution is -0.142. The van der Waals surface area contributed by atoms with Gasteiger partial charge in [-0.25, -0.2) is 9.59 Å². The highest BCUT2D eigenvalue weighted by atomic mass is 16.6. The van der Waals surface area contributed by atoms with Crippen molar-refractivity contribution in [3.63, 3.8) is 0 Å². The van der Waals surface area contributed by atoms with Crippen molar-refractivity contribution in [3.8, 4) is 5.75 Å². The van der Waals surface area contributed by atoms with Crippen molar-refractivity contribution in [1.82, 2.24) is 0 Å². The smallest absolute Gasteiger partial charge is 0.343 e. The van der Waals surface area contributed by atoms with E-state index in [-0.39, 0.29) is 19.8 Å². The van der Waals surface area contributed by atoms with Crippen molar-refractivity contribution in [2.75, 3.05) is 40.1 Å². The molecule has 0 fully saturated rings. The quantitative estimate of drug-likeness (QED) is 0.569. The Morgan fingerprint density at radius 2 is 1.75 bits per heavy atom. The second-order valence-corrected chi connectivity index (χ2v) is 4.74. The predicted octanol–water partition coefficient (Wildman–Crippen LogP) is 1.84. The van der Waals surface area contributed by atoms with E-state index in [1.807, 2.05) is 13.8 Å². The van der Waals surface area contributed by atoms with Crippen LogP contribution in [-0.4, -0.2) is 58.2 Å². The maximum atomic E-state index is 12.2. The Bertz CT molecular complexity index is 507. The minimum atomic E-state index is -0.511. The zero-order chi connectivity index (χ0) is 17.8. The van der Waals surface area contributed by atoms with Crippen molar-refractivity contribution in [3.05, 3.63) is 29.8 Å². The fraction of sp³-hybridized carbons (Fsp3) is 0.529. The van der Waals surface area contributed by atoms with Crippen LogP contribution >= 0.6 is 0 Å². The Morgan fingerprint density at radius 3 is 2.33 bits per heavy atom. The molecule has 134 valence electrons. The number of methoxy groups -OCH3 is 1. The molecule has 1 aromatic carbocycles. The van der Waals surface area contributed by atoms with Gasteiger partial charge in [-0.05, 0) is 32.0 Å². The van der Waals surface area contributed by atoms with Crippen LogP contribution in [0.5, 0.6) is 5.75 Å². The molecule has 0 aliphatic carbocycles. The van der Waals surface area contributed by atoms with E-state index in [9.17, 15) is 9.59 Å². The van der Waals surface area contributed by atoms with E-state index in [1.54, 1.807) is 18.2 Å². The maximum absolute atomic E-state index is 12.2. The van der Waals surface area contributed by atoms with Gasteiger partial charge in [-0.2, -0.15) is 0 Å². The molecule has 0 bridgehead atoms. The number of hydrogen-bond donors (Lipinski definition) is 0. The third-order valence-electron chi connectivity index (χ3n) is 2.94. The molecule has 0 aliphatic heterocycles. The number of benzene rings is 1. The largest absolute Gasteiger partial charge is 0.482 e. The molecular weight excluding hydrogens is 316 g/mol. The number of rotatable bonds is 11. The number of carbonyl (C=O) groups is 2. The van der Waals surface area contributed by atoms with Gasteiger partial charge >= 0.3 is 11.9 Å². The Kier molecular flexibility index (Phi) is 9.48. The molecule has 0 radical (unpaired) electrons. The fourth-order valence-electron chi connectivity index (χ4n) is 1.75. The standard InChI is InChI=1S/C17H24O7/c1-4-21-10-15(11-22-5-2)24-17(19)13-7-6-8-14(9-13)23-12-16(18)20-3/h6-9,15H,4-5,10-12H2,1-3H3. The number of ether oxygens (including phenoxy) is 5. The normalized spacial score (nSPS) is 10.5. The molecule has 0 aliphatic rings. The molecule has 0 heterocycles. The summed E-state index contributed by atoms with van der Waals surface area (Å²) in [4.78, 5) is 23.3. The van der Waals surface area contributed by atoms with Crippen molar-refractivity contribution >= 4 is 11.9 Å². The van der Waals surface area contributed by atoms with Crippen LogP contribution in [0.3, 0.4) is 0 Å². The molecule has 0 aromatic heterocycles.